The van der Waals surface area contributed by atoms with Gasteiger partial charge in [-0.3, -0.25) is 0 Å². The number of nitrogens with one attached hydrogen (secondary N) is 1. The Hall–Kier alpha value is -1.69. The van der Waals surface area contributed by atoms with Crippen molar-refractivity contribution >= 4 is 11.9 Å². The van der Waals surface area contributed by atoms with Crippen LogP contribution in [0.1, 0.15) is 43.7 Å². The van der Waals surface area contributed by atoms with Crippen LogP contribution in [-0.4, -0.2) is 38.3 Å². The molecule has 0 unspecified atom stereocenters. The number of rotatable bonds is 5. The molecule has 0 atom stereocenters. The second kappa shape index (κ2) is 5.13. The fourth-order valence-electron chi connectivity index (χ4n) is 1.28. The minimum atomic E-state index is -1.04. The molecule has 0 bridgehead atoms. The van der Waals surface area contributed by atoms with Crippen molar-refractivity contribution in [2.24, 2.45) is 5.41 Å². The highest BCUT2D eigenvalue weighted by Crippen LogP contribution is 2.30. The normalized spacial score (nSPS) is 12.3. The predicted molar refractivity (Wildman–Crippen MR) is 72.3 cm³/mol. The highest BCUT2D eigenvalue weighted by molar-refractivity contribution is 5.88. The van der Waals surface area contributed by atoms with Crippen LogP contribution in [0.2, 0.25) is 0 Å². The van der Waals surface area contributed by atoms with Gasteiger partial charge in [0, 0.05) is 18.2 Å². The summed E-state index contributed by atoms with van der Waals surface area (Å²) < 4.78 is 0. The van der Waals surface area contributed by atoms with E-state index in [1.807, 2.05) is 13.8 Å². The summed E-state index contributed by atoms with van der Waals surface area (Å²) in [5.41, 5.74) is -0.732. The van der Waals surface area contributed by atoms with Gasteiger partial charge in [-0.15, -0.1) is 0 Å². The lowest BCUT2D eigenvalue weighted by molar-refractivity contribution is -0.0271. The monoisotopic (exact) mass is 267 g/mol. The van der Waals surface area contributed by atoms with E-state index >= 15 is 0 Å². The summed E-state index contributed by atoms with van der Waals surface area (Å²) in [4.78, 5) is 18.9. The van der Waals surface area contributed by atoms with Gasteiger partial charge < -0.3 is 15.5 Å². The topological polar surface area (TPSA) is 95.3 Å². The number of anilines is 1. The lowest BCUT2D eigenvalue weighted by Gasteiger charge is -2.37. The van der Waals surface area contributed by atoms with Crippen molar-refractivity contribution in [1.29, 1.82) is 0 Å². The third kappa shape index (κ3) is 3.64. The fraction of sp³-hybridized carbons (Fsp3) is 0.615. The molecule has 19 heavy (non-hydrogen) atoms. The summed E-state index contributed by atoms with van der Waals surface area (Å²) in [7, 11) is 0. The average Bonchev–Trinajstić information content (AvgIpc) is 2.24. The summed E-state index contributed by atoms with van der Waals surface area (Å²) in [5, 5.41) is 21.9. The van der Waals surface area contributed by atoms with Gasteiger partial charge in [0.15, 0.2) is 0 Å². The van der Waals surface area contributed by atoms with E-state index in [1.54, 1.807) is 20.8 Å². The Bertz CT molecular complexity index is 479. The Labute approximate surface area is 112 Å². The molecule has 1 rings (SSSR count). The van der Waals surface area contributed by atoms with Crippen molar-refractivity contribution < 1.29 is 15.0 Å². The zero-order valence-corrected chi connectivity index (χ0v) is 12.0. The van der Waals surface area contributed by atoms with E-state index in [0.717, 1.165) is 0 Å². The molecule has 0 aliphatic rings. The largest absolute Gasteiger partial charge is 0.478 e. The minimum Gasteiger partial charge on any atom is -0.478 e. The Kier molecular flexibility index (Phi) is 4.15. The number of aliphatic hydroxyl groups is 1. The van der Waals surface area contributed by atoms with Crippen LogP contribution in [0.4, 0.5) is 5.95 Å². The van der Waals surface area contributed by atoms with E-state index in [1.165, 1.54) is 6.20 Å². The SMILES string of the molecule is Cc1nc(NCC(C)(C)C(C)(C)O)ncc1C(=O)O. The highest BCUT2D eigenvalue weighted by Gasteiger charge is 2.34. The maximum Gasteiger partial charge on any atom is 0.339 e. The van der Waals surface area contributed by atoms with Crippen LogP contribution in [0, 0.1) is 12.3 Å². The molecule has 0 aromatic carbocycles. The van der Waals surface area contributed by atoms with E-state index in [-0.39, 0.29) is 11.0 Å². The van der Waals surface area contributed by atoms with Gasteiger partial charge in [0.05, 0.1) is 16.9 Å². The van der Waals surface area contributed by atoms with E-state index < -0.39 is 11.6 Å². The predicted octanol–water partition coefficient (Wildman–Crippen LogP) is 1.69. The van der Waals surface area contributed by atoms with Gasteiger partial charge in [-0.1, -0.05) is 13.8 Å². The number of aromatic nitrogens is 2. The van der Waals surface area contributed by atoms with Crippen LogP contribution in [0.5, 0.6) is 0 Å². The first-order chi connectivity index (χ1) is 8.54. The Morgan fingerprint density at radius 2 is 1.95 bits per heavy atom. The number of carboxylic acids is 1. The lowest BCUT2D eigenvalue weighted by Crippen LogP contribution is -2.43. The number of aryl methyl sites for hydroxylation is 1. The molecule has 0 amide bonds. The average molecular weight is 267 g/mol. The number of aromatic carboxylic acids is 1. The lowest BCUT2D eigenvalue weighted by atomic mass is 9.77. The van der Waals surface area contributed by atoms with Crippen LogP contribution in [0.15, 0.2) is 6.20 Å². The van der Waals surface area contributed by atoms with E-state index in [2.05, 4.69) is 15.3 Å². The van der Waals surface area contributed by atoms with Crippen molar-refractivity contribution in [2.75, 3.05) is 11.9 Å². The molecule has 3 N–H and O–H groups in total. The molecule has 1 heterocycles. The highest BCUT2D eigenvalue weighted by atomic mass is 16.4. The zero-order valence-electron chi connectivity index (χ0n) is 12.0. The first kappa shape index (κ1) is 15.4. The van der Waals surface area contributed by atoms with E-state index in [0.29, 0.717) is 18.2 Å². The first-order valence-electron chi connectivity index (χ1n) is 6.08. The van der Waals surface area contributed by atoms with Crippen molar-refractivity contribution in [3.8, 4) is 0 Å². The van der Waals surface area contributed by atoms with Crippen LogP contribution in [-0.2, 0) is 0 Å². The van der Waals surface area contributed by atoms with Gasteiger partial charge >= 0.3 is 5.97 Å². The molecule has 6 heteroatoms. The maximum absolute atomic E-state index is 10.8. The number of hydrogen-bond donors (Lipinski definition) is 3. The number of hydrogen-bond acceptors (Lipinski definition) is 5. The van der Waals surface area contributed by atoms with Gasteiger partial charge in [-0.05, 0) is 20.8 Å². The molecule has 0 aliphatic carbocycles. The molecule has 1 aromatic rings. The molecule has 0 spiro atoms. The number of nitrogens with zero attached hydrogens (tertiary/aromatic N) is 2. The van der Waals surface area contributed by atoms with Gasteiger partial charge in [0.1, 0.15) is 0 Å². The first-order valence-corrected chi connectivity index (χ1v) is 6.08. The van der Waals surface area contributed by atoms with Gasteiger partial charge in [-0.2, -0.15) is 0 Å². The third-order valence-corrected chi connectivity index (χ3v) is 3.55. The molecule has 0 fully saturated rings. The van der Waals surface area contributed by atoms with Crippen LogP contribution in [0.25, 0.3) is 0 Å². The third-order valence-electron chi connectivity index (χ3n) is 3.55. The van der Waals surface area contributed by atoms with Crippen LogP contribution in [0.3, 0.4) is 0 Å². The van der Waals surface area contributed by atoms with Gasteiger partial charge in [-0.25, -0.2) is 14.8 Å². The molecule has 1 aromatic heterocycles. The van der Waals surface area contributed by atoms with Crippen molar-refractivity contribution in [1.82, 2.24) is 9.97 Å². The Morgan fingerprint density at radius 3 is 2.37 bits per heavy atom. The number of carboxylic acid groups (broad SMARTS) is 1. The van der Waals surface area contributed by atoms with Crippen molar-refractivity contribution in [2.45, 2.75) is 40.2 Å². The van der Waals surface area contributed by atoms with Crippen molar-refractivity contribution in [3.05, 3.63) is 17.5 Å². The van der Waals surface area contributed by atoms with Crippen molar-refractivity contribution in [3.63, 3.8) is 0 Å². The summed E-state index contributed by atoms with van der Waals surface area (Å²) in [6.45, 7) is 9.44. The Morgan fingerprint density at radius 1 is 1.37 bits per heavy atom. The van der Waals surface area contributed by atoms with E-state index in [4.69, 9.17) is 5.11 Å². The molecule has 0 radical (unpaired) electrons. The van der Waals surface area contributed by atoms with Gasteiger partial charge in [0.2, 0.25) is 5.95 Å². The smallest absolute Gasteiger partial charge is 0.339 e. The summed E-state index contributed by atoms with van der Waals surface area (Å²) in [5.74, 6) is -0.680. The number of carbonyl (C=O) groups is 1. The molecule has 0 aliphatic heterocycles. The quantitative estimate of drug-likeness (QED) is 0.751. The molecule has 6 nitrogen and oxygen atoms in total. The molecule has 106 valence electrons. The summed E-state index contributed by atoms with van der Waals surface area (Å²) in [6.07, 6.45) is 1.28. The Balaban J connectivity index is 2.80. The molecule has 0 saturated carbocycles. The summed E-state index contributed by atoms with van der Waals surface area (Å²) in [6, 6.07) is 0. The maximum atomic E-state index is 10.8. The molecule has 0 saturated heterocycles. The van der Waals surface area contributed by atoms with Crippen LogP contribution >= 0.6 is 0 Å². The van der Waals surface area contributed by atoms with E-state index in [9.17, 15) is 9.90 Å². The second-order valence-corrected chi connectivity index (χ2v) is 5.79. The summed E-state index contributed by atoms with van der Waals surface area (Å²) >= 11 is 0. The molecular formula is C13H21N3O3. The fourth-order valence-corrected chi connectivity index (χ4v) is 1.28. The van der Waals surface area contributed by atoms with Gasteiger partial charge in [0.25, 0.3) is 0 Å². The second-order valence-electron chi connectivity index (χ2n) is 5.79. The minimum absolute atomic E-state index is 0.0901. The standard InChI is InChI=1S/C13H21N3O3/c1-8-9(10(17)18)6-14-11(16-8)15-7-12(2,3)13(4,5)19/h6,19H,7H2,1-5H3,(H,17,18)(H,14,15,16). The van der Waals surface area contributed by atoms with Crippen LogP contribution < -0.4 is 5.32 Å². The molecular weight excluding hydrogens is 246 g/mol. The zero-order chi connectivity index (χ0) is 14.8.